The number of likely N-dealkylation sites (tertiary alicyclic amines) is 1. The Kier molecular flexibility index (Phi) is 6.63. The third kappa shape index (κ3) is 4.26. The number of piperazine rings is 1. The Bertz CT molecular complexity index is 875. The lowest BCUT2D eigenvalue weighted by Gasteiger charge is -2.55. The summed E-state index contributed by atoms with van der Waals surface area (Å²) in [6, 6.07) is 5.24. The molecule has 5 rings (SSSR count). The van der Waals surface area contributed by atoms with Crippen LogP contribution in [0.5, 0.6) is 0 Å². The molecule has 1 aromatic carbocycles. The van der Waals surface area contributed by atoms with Crippen LogP contribution in [0.15, 0.2) is 18.2 Å². The molecule has 9 heteroatoms. The first kappa shape index (κ1) is 22.4. The molecule has 4 aliphatic heterocycles. The first-order valence-electron chi connectivity index (χ1n) is 11.5. The van der Waals surface area contributed by atoms with Crippen molar-refractivity contribution in [3.63, 3.8) is 0 Å². The molecule has 0 bridgehead atoms. The highest BCUT2D eigenvalue weighted by Gasteiger charge is 2.50. The highest BCUT2D eigenvalue weighted by molar-refractivity contribution is 6.42. The van der Waals surface area contributed by atoms with E-state index in [1.807, 2.05) is 15.9 Å². The van der Waals surface area contributed by atoms with Crippen molar-refractivity contribution >= 4 is 35.0 Å². The molecule has 4 heterocycles. The minimum Gasteiger partial charge on any atom is -0.380 e. The van der Waals surface area contributed by atoms with Gasteiger partial charge in [-0.3, -0.25) is 14.5 Å². The van der Waals surface area contributed by atoms with Crippen LogP contribution in [0.4, 0.5) is 0 Å². The van der Waals surface area contributed by atoms with Crippen LogP contribution in [0.3, 0.4) is 0 Å². The fourth-order valence-electron chi connectivity index (χ4n) is 5.48. The number of nitrogens with zero attached hydrogens (tertiary/aromatic N) is 3. The van der Waals surface area contributed by atoms with Gasteiger partial charge in [0, 0.05) is 13.1 Å². The highest BCUT2D eigenvalue weighted by atomic mass is 35.5. The van der Waals surface area contributed by atoms with Crippen LogP contribution in [-0.4, -0.2) is 97.2 Å². The number of hydrogen-bond acceptors (Lipinski definition) is 5. The molecule has 174 valence electrons. The van der Waals surface area contributed by atoms with E-state index in [1.54, 1.807) is 12.1 Å². The van der Waals surface area contributed by atoms with Gasteiger partial charge in [0.2, 0.25) is 11.8 Å². The second kappa shape index (κ2) is 9.47. The number of amides is 2. The molecule has 0 unspecified atom stereocenters. The van der Waals surface area contributed by atoms with Crippen LogP contribution in [0, 0.1) is 5.92 Å². The van der Waals surface area contributed by atoms with Gasteiger partial charge in [-0.2, -0.15) is 0 Å². The van der Waals surface area contributed by atoms with Gasteiger partial charge in [-0.15, -0.1) is 0 Å². The Hall–Kier alpha value is -1.38. The number of rotatable bonds is 4. The van der Waals surface area contributed by atoms with Crippen molar-refractivity contribution in [1.29, 1.82) is 0 Å². The van der Waals surface area contributed by atoms with E-state index in [0.717, 1.165) is 31.5 Å². The van der Waals surface area contributed by atoms with Crippen molar-refractivity contribution in [3.8, 4) is 0 Å². The summed E-state index contributed by atoms with van der Waals surface area (Å²) in [6.07, 6.45) is 2.58. The van der Waals surface area contributed by atoms with Crippen molar-refractivity contribution in [2.45, 2.75) is 37.4 Å². The molecule has 1 aromatic rings. The molecule has 4 saturated heterocycles. The Morgan fingerprint density at radius 3 is 2.25 bits per heavy atom. The first-order valence-corrected chi connectivity index (χ1v) is 12.2. The Labute approximate surface area is 198 Å². The molecule has 0 aromatic heterocycles. The van der Waals surface area contributed by atoms with Crippen molar-refractivity contribution in [3.05, 3.63) is 33.8 Å². The molecule has 4 aliphatic rings. The number of halogens is 2. The van der Waals surface area contributed by atoms with Crippen LogP contribution in [0.2, 0.25) is 10.0 Å². The molecule has 0 aliphatic carbocycles. The van der Waals surface area contributed by atoms with Gasteiger partial charge in [0.05, 0.1) is 66.9 Å². The lowest BCUT2D eigenvalue weighted by molar-refractivity contribution is -0.173. The van der Waals surface area contributed by atoms with E-state index in [1.165, 1.54) is 0 Å². The van der Waals surface area contributed by atoms with Gasteiger partial charge in [-0.25, -0.2) is 0 Å². The molecule has 0 spiro atoms. The molecule has 0 N–H and O–H groups in total. The number of carbonyl (C=O) groups excluding carboxylic acids is 2. The zero-order valence-corrected chi connectivity index (χ0v) is 19.6. The van der Waals surface area contributed by atoms with Crippen LogP contribution in [-0.2, 0) is 25.5 Å². The topological polar surface area (TPSA) is 62.3 Å². The van der Waals surface area contributed by atoms with Gasteiger partial charge < -0.3 is 19.3 Å². The van der Waals surface area contributed by atoms with Crippen LogP contribution < -0.4 is 0 Å². The summed E-state index contributed by atoms with van der Waals surface area (Å²) in [5.41, 5.74) is 0.843. The van der Waals surface area contributed by atoms with Gasteiger partial charge in [0.15, 0.2) is 0 Å². The summed E-state index contributed by atoms with van der Waals surface area (Å²) < 4.78 is 11.3. The average Bonchev–Trinajstić information content (AvgIpc) is 3.28. The maximum Gasteiger partial charge on any atom is 0.230 e. The molecule has 32 heavy (non-hydrogen) atoms. The largest absolute Gasteiger partial charge is 0.380 e. The molecular formula is C23H29Cl2N3O4. The number of hydrogen-bond donors (Lipinski definition) is 0. The van der Waals surface area contributed by atoms with E-state index < -0.39 is 0 Å². The number of fused-ring (bicyclic) bond motifs is 1. The highest BCUT2D eigenvalue weighted by Crippen LogP contribution is 2.32. The maximum atomic E-state index is 13.5. The smallest absolute Gasteiger partial charge is 0.230 e. The number of benzene rings is 1. The van der Waals surface area contributed by atoms with Gasteiger partial charge in [-0.05, 0) is 43.6 Å². The van der Waals surface area contributed by atoms with Crippen LogP contribution in [0.25, 0.3) is 0 Å². The van der Waals surface area contributed by atoms with E-state index >= 15 is 0 Å². The molecule has 0 saturated carbocycles. The summed E-state index contributed by atoms with van der Waals surface area (Å²) >= 11 is 12.2. The summed E-state index contributed by atoms with van der Waals surface area (Å²) in [4.78, 5) is 33.1. The third-order valence-electron chi connectivity index (χ3n) is 7.25. The molecule has 2 amide bonds. The zero-order valence-electron chi connectivity index (χ0n) is 18.1. The Balaban J connectivity index is 1.40. The fraction of sp³-hybridized carbons (Fsp3) is 0.652. The summed E-state index contributed by atoms with van der Waals surface area (Å²) in [5, 5.41) is 0.933. The summed E-state index contributed by atoms with van der Waals surface area (Å²) in [5.74, 6) is 0.123. The van der Waals surface area contributed by atoms with E-state index in [9.17, 15) is 9.59 Å². The molecule has 4 fully saturated rings. The lowest BCUT2D eigenvalue weighted by Crippen LogP contribution is -2.73. The molecule has 3 atom stereocenters. The fourth-order valence-corrected chi connectivity index (χ4v) is 5.80. The van der Waals surface area contributed by atoms with Crippen molar-refractivity contribution in [1.82, 2.24) is 14.7 Å². The number of ether oxygens (including phenoxy) is 2. The molecule has 0 radical (unpaired) electrons. The second-order valence-electron chi connectivity index (χ2n) is 9.18. The maximum absolute atomic E-state index is 13.5. The molecule has 7 nitrogen and oxygen atoms in total. The van der Waals surface area contributed by atoms with E-state index in [2.05, 4.69) is 4.90 Å². The monoisotopic (exact) mass is 481 g/mol. The van der Waals surface area contributed by atoms with E-state index in [4.69, 9.17) is 32.7 Å². The minimum absolute atomic E-state index is 0.0589. The second-order valence-corrected chi connectivity index (χ2v) is 10.00. The number of carbonyl (C=O) groups is 2. The normalized spacial score (nSPS) is 29.0. The van der Waals surface area contributed by atoms with E-state index in [-0.39, 0.29) is 42.3 Å². The summed E-state index contributed by atoms with van der Waals surface area (Å²) in [6.45, 7) is 5.11. The van der Waals surface area contributed by atoms with Crippen LogP contribution in [0.1, 0.15) is 18.4 Å². The third-order valence-corrected chi connectivity index (χ3v) is 7.99. The predicted octanol–water partition coefficient (Wildman–Crippen LogP) is 2.08. The minimum atomic E-state index is -0.131. The summed E-state index contributed by atoms with van der Waals surface area (Å²) in [7, 11) is 0. The van der Waals surface area contributed by atoms with Crippen LogP contribution >= 0.6 is 23.2 Å². The van der Waals surface area contributed by atoms with Crippen molar-refractivity contribution in [2.24, 2.45) is 5.92 Å². The van der Waals surface area contributed by atoms with Gasteiger partial charge in [0.1, 0.15) is 0 Å². The van der Waals surface area contributed by atoms with E-state index in [0.29, 0.717) is 49.6 Å². The first-order chi connectivity index (χ1) is 15.5. The van der Waals surface area contributed by atoms with Gasteiger partial charge >= 0.3 is 0 Å². The molecular weight excluding hydrogens is 453 g/mol. The Morgan fingerprint density at radius 2 is 1.56 bits per heavy atom. The lowest BCUT2D eigenvalue weighted by atomic mass is 9.89. The Morgan fingerprint density at radius 1 is 0.875 bits per heavy atom. The van der Waals surface area contributed by atoms with Crippen molar-refractivity contribution in [2.75, 3.05) is 52.6 Å². The zero-order chi connectivity index (χ0) is 22.2. The van der Waals surface area contributed by atoms with Gasteiger partial charge in [0.25, 0.3) is 0 Å². The van der Waals surface area contributed by atoms with Crippen molar-refractivity contribution < 1.29 is 19.1 Å². The SMILES string of the molecule is O=C(Cc1ccc(Cl)c(Cl)c1)N1CCN(C(=O)C2COC2)[C@@H]2COC[C@H](N3CCCC3)[C@H]21. The standard InChI is InChI=1S/C23H29Cl2N3O4/c24-17-4-3-15(9-18(17)25)10-21(29)28-8-7-27(23(30)16-11-31-12-16)20-14-32-13-19(22(20)28)26-5-1-2-6-26/h3-4,9,16,19-20,22H,1-2,5-8,10-14H2/t19-,20+,22+/m0/s1. The quantitative estimate of drug-likeness (QED) is 0.658. The average molecular weight is 482 g/mol. The van der Waals surface area contributed by atoms with Gasteiger partial charge in [-0.1, -0.05) is 29.3 Å². The predicted molar refractivity (Wildman–Crippen MR) is 121 cm³/mol.